The first-order valence-corrected chi connectivity index (χ1v) is 7.34. The third-order valence-electron chi connectivity index (χ3n) is 4.34. The van der Waals surface area contributed by atoms with Crippen molar-refractivity contribution in [3.63, 3.8) is 0 Å². The van der Waals surface area contributed by atoms with Gasteiger partial charge < -0.3 is 14.2 Å². The van der Waals surface area contributed by atoms with Crippen LogP contribution in [0.4, 0.5) is 0 Å². The lowest BCUT2D eigenvalue weighted by Gasteiger charge is -2.46. The van der Waals surface area contributed by atoms with E-state index in [2.05, 4.69) is 0 Å². The summed E-state index contributed by atoms with van der Waals surface area (Å²) < 4.78 is 5.06. The molecular weight excluding hydrogens is 256 g/mol. The molecule has 0 aromatic carbocycles. The van der Waals surface area contributed by atoms with E-state index >= 15 is 0 Å². The number of fused-ring (bicyclic) bond motifs is 1. The molecule has 0 aliphatic carbocycles. The summed E-state index contributed by atoms with van der Waals surface area (Å²) in [4.78, 5) is 28.8. The molecule has 2 aliphatic heterocycles. The molecule has 3 rings (SSSR count). The first-order chi connectivity index (χ1) is 9.72. The number of carbonyl (C=O) groups is 2. The van der Waals surface area contributed by atoms with Crippen LogP contribution in [0.15, 0.2) is 23.0 Å². The maximum absolute atomic E-state index is 12.7. The highest BCUT2D eigenvalue weighted by Gasteiger charge is 2.45. The van der Waals surface area contributed by atoms with Crippen LogP contribution in [0, 0.1) is 0 Å². The van der Waals surface area contributed by atoms with Crippen LogP contribution in [0.5, 0.6) is 0 Å². The second-order valence-corrected chi connectivity index (χ2v) is 5.56. The number of rotatable bonds is 3. The molecule has 1 aromatic heterocycles. The summed E-state index contributed by atoms with van der Waals surface area (Å²) in [6.45, 7) is 3.15. The minimum Gasteiger partial charge on any atom is -0.472 e. The largest absolute Gasteiger partial charge is 0.472 e. The van der Waals surface area contributed by atoms with Crippen molar-refractivity contribution in [3.05, 3.63) is 24.2 Å². The number of furan rings is 1. The molecule has 2 amide bonds. The van der Waals surface area contributed by atoms with E-state index in [1.54, 1.807) is 22.3 Å². The summed E-state index contributed by atoms with van der Waals surface area (Å²) >= 11 is 0. The van der Waals surface area contributed by atoms with Gasteiger partial charge in [-0.1, -0.05) is 6.92 Å². The Morgan fingerprint density at radius 2 is 2.15 bits per heavy atom. The Morgan fingerprint density at radius 1 is 1.30 bits per heavy atom. The van der Waals surface area contributed by atoms with Crippen LogP contribution in [-0.4, -0.2) is 40.2 Å². The minimum atomic E-state index is -0.327. The van der Waals surface area contributed by atoms with E-state index in [-0.39, 0.29) is 23.9 Å². The molecule has 2 aliphatic rings. The summed E-state index contributed by atoms with van der Waals surface area (Å²) in [5.41, 5.74) is 0.939. The SMILES string of the molecule is CCC1C(=O)N2CCCCC2C(=O)N1Cc1ccoc1. The van der Waals surface area contributed by atoms with E-state index in [0.29, 0.717) is 13.0 Å². The molecule has 0 spiro atoms. The van der Waals surface area contributed by atoms with Crippen molar-refractivity contribution < 1.29 is 14.0 Å². The predicted molar refractivity (Wildman–Crippen MR) is 72.7 cm³/mol. The average Bonchev–Trinajstić information content (AvgIpc) is 2.98. The summed E-state index contributed by atoms with van der Waals surface area (Å²) in [5, 5.41) is 0. The van der Waals surface area contributed by atoms with Gasteiger partial charge in [0.05, 0.1) is 12.5 Å². The van der Waals surface area contributed by atoms with Crippen molar-refractivity contribution in [2.45, 2.75) is 51.2 Å². The van der Waals surface area contributed by atoms with Crippen LogP contribution in [0.3, 0.4) is 0 Å². The van der Waals surface area contributed by atoms with Gasteiger partial charge in [0.25, 0.3) is 0 Å². The second kappa shape index (κ2) is 5.31. The maximum atomic E-state index is 12.7. The molecule has 108 valence electrons. The van der Waals surface area contributed by atoms with Gasteiger partial charge >= 0.3 is 0 Å². The Morgan fingerprint density at radius 3 is 2.85 bits per heavy atom. The topological polar surface area (TPSA) is 53.8 Å². The van der Waals surface area contributed by atoms with Crippen molar-refractivity contribution in [3.8, 4) is 0 Å². The first-order valence-electron chi connectivity index (χ1n) is 7.34. The van der Waals surface area contributed by atoms with Gasteiger partial charge in [0.2, 0.25) is 11.8 Å². The summed E-state index contributed by atoms with van der Waals surface area (Å²) in [6, 6.07) is 1.27. The van der Waals surface area contributed by atoms with Gasteiger partial charge in [-0.3, -0.25) is 9.59 Å². The lowest BCUT2D eigenvalue weighted by Crippen LogP contribution is -2.65. The summed E-state index contributed by atoms with van der Waals surface area (Å²) in [5.74, 6) is 0.206. The first kappa shape index (κ1) is 13.2. The Hall–Kier alpha value is -1.78. The van der Waals surface area contributed by atoms with Crippen LogP contribution in [-0.2, 0) is 16.1 Å². The van der Waals surface area contributed by atoms with Gasteiger partial charge in [0, 0.05) is 18.7 Å². The highest BCUT2D eigenvalue weighted by molar-refractivity contribution is 5.97. The highest BCUT2D eigenvalue weighted by atomic mass is 16.3. The Kier molecular flexibility index (Phi) is 3.51. The molecule has 2 saturated heterocycles. The molecular formula is C15H20N2O3. The number of amides is 2. The highest BCUT2D eigenvalue weighted by Crippen LogP contribution is 2.28. The van der Waals surface area contributed by atoms with Crippen LogP contribution >= 0.6 is 0 Å². The zero-order valence-corrected chi connectivity index (χ0v) is 11.7. The number of nitrogens with zero attached hydrogens (tertiary/aromatic N) is 2. The number of hydrogen-bond acceptors (Lipinski definition) is 3. The molecule has 20 heavy (non-hydrogen) atoms. The predicted octanol–water partition coefficient (Wildman–Crippen LogP) is 1.78. The molecule has 2 atom stereocenters. The Bertz CT molecular complexity index is 497. The van der Waals surface area contributed by atoms with Gasteiger partial charge in [-0.15, -0.1) is 0 Å². The molecule has 3 heterocycles. The number of piperidine rings is 1. The fourth-order valence-electron chi connectivity index (χ4n) is 3.28. The van der Waals surface area contributed by atoms with Gasteiger partial charge in [0.15, 0.2) is 0 Å². The van der Waals surface area contributed by atoms with Crippen molar-refractivity contribution in [1.29, 1.82) is 0 Å². The smallest absolute Gasteiger partial charge is 0.246 e. The maximum Gasteiger partial charge on any atom is 0.246 e. The van der Waals surface area contributed by atoms with Crippen LogP contribution in [0.25, 0.3) is 0 Å². The fourth-order valence-corrected chi connectivity index (χ4v) is 3.28. The van der Waals surface area contributed by atoms with E-state index in [1.807, 2.05) is 13.0 Å². The number of hydrogen-bond donors (Lipinski definition) is 0. The van der Waals surface area contributed by atoms with Gasteiger partial charge in [-0.05, 0) is 31.7 Å². The monoisotopic (exact) mass is 276 g/mol. The van der Waals surface area contributed by atoms with Crippen molar-refractivity contribution in [2.75, 3.05) is 6.54 Å². The minimum absolute atomic E-state index is 0.0948. The zero-order valence-electron chi connectivity index (χ0n) is 11.7. The number of carbonyl (C=O) groups excluding carboxylic acids is 2. The molecule has 0 radical (unpaired) electrons. The molecule has 2 fully saturated rings. The van der Waals surface area contributed by atoms with Crippen molar-refractivity contribution in [1.82, 2.24) is 9.80 Å². The molecule has 5 heteroatoms. The fraction of sp³-hybridized carbons (Fsp3) is 0.600. The van der Waals surface area contributed by atoms with E-state index in [4.69, 9.17) is 4.42 Å². The summed E-state index contributed by atoms with van der Waals surface area (Å²) in [7, 11) is 0. The molecule has 1 aromatic rings. The molecule has 5 nitrogen and oxygen atoms in total. The molecule has 0 bridgehead atoms. The number of piperazine rings is 1. The average molecular weight is 276 g/mol. The van der Waals surface area contributed by atoms with E-state index in [1.165, 1.54) is 0 Å². The molecule has 0 N–H and O–H groups in total. The van der Waals surface area contributed by atoms with Crippen molar-refractivity contribution in [2.24, 2.45) is 0 Å². The van der Waals surface area contributed by atoms with E-state index in [9.17, 15) is 9.59 Å². The Balaban J connectivity index is 1.86. The van der Waals surface area contributed by atoms with Crippen LogP contribution in [0.1, 0.15) is 38.2 Å². The zero-order chi connectivity index (χ0) is 14.1. The van der Waals surface area contributed by atoms with Gasteiger partial charge in [0.1, 0.15) is 12.1 Å². The second-order valence-electron chi connectivity index (χ2n) is 5.56. The van der Waals surface area contributed by atoms with Crippen LogP contribution in [0.2, 0.25) is 0 Å². The van der Waals surface area contributed by atoms with Crippen LogP contribution < -0.4 is 0 Å². The molecule has 0 saturated carbocycles. The van der Waals surface area contributed by atoms with E-state index < -0.39 is 0 Å². The van der Waals surface area contributed by atoms with Gasteiger partial charge in [-0.2, -0.15) is 0 Å². The molecule has 2 unspecified atom stereocenters. The van der Waals surface area contributed by atoms with E-state index in [0.717, 1.165) is 31.4 Å². The normalized spacial score (nSPS) is 26.9. The standard InChI is InChI=1S/C15H20N2O3/c1-2-12-14(18)16-7-4-3-5-13(16)15(19)17(12)9-11-6-8-20-10-11/h6,8,10,12-13H,2-5,7,9H2,1H3. The van der Waals surface area contributed by atoms with Crippen molar-refractivity contribution >= 4 is 11.8 Å². The lowest BCUT2D eigenvalue weighted by atomic mass is 9.94. The Labute approximate surface area is 118 Å². The van der Waals surface area contributed by atoms with Gasteiger partial charge in [-0.25, -0.2) is 0 Å². The summed E-state index contributed by atoms with van der Waals surface area (Å²) in [6.07, 6.45) is 6.72. The third kappa shape index (κ3) is 2.11. The third-order valence-corrected chi connectivity index (χ3v) is 4.34. The quantitative estimate of drug-likeness (QED) is 0.845. The lowest BCUT2D eigenvalue weighted by molar-refractivity contribution is -0.164.